The molecule has 0 bridgehead atoms. The Bertz CT molecular complexity index is 512. The number of phenolic OH excluding ortho intramolecular Hbond substituents is 1. The molecule has 0 atom stereocenters. The number of unbranched alkanes of at least 4 members (excludes halogenated alkanes) is 1. The first-order valence-corrected chi connectivity index (χ1v) is 5.69. The molecular formula is C15H16O. The van der Waals surface area contributed by atoms with E-state index in [0.717, 1.165) is 17.2 Å². The van der Waals surface area contributed by atoms with Crippen molar-refractivity contribution in [2.24, 2.45) is 0 Å². The van der Waals surface area contributed by atoms with Gasteiger partial charge in [-0.2, -0.15) is 0 Å². The third-order valence-electron chi connectivity index (χ3n) is 2.61. The van der Waals surface area contributed by atoms with Gasteiger partial charge in [0.1, 0.15) is 5.75 Å². The lowest BCUT2D eigenvalue weighted by Gasteiger charge is -2.00. The zero-order chi connectivity index (χ0) is 11.4. The molecule has 2 aromatic carbocycles. The molecule has 0 fully saturated rings. The second kappa shape index (κ2) is 4.84. The van der Waals surface area contributed by atoms with E-state index in [-0.39, 0.29) is 0 Å². The Morgan fingerprint density at radius 1 is 1.06 bits per heavy atom. The van der Waals surface area contributed by atoms with E-state index in [9.17, 15) is 5.11 Å². The molecule has 0 aromatic heterocycles. The molecule has 2 aromatic rings. The largest absolute Gasteiger partial charge is 0.508 e. The third kappa shape index (κ3) is 2.43. The summed E-state index contributed by atoms with van der Waals surface area (Å²) in [5, 5.41) is 11.6. The first kappa shape index (κ1) is 10.7. The SMILES string of the molecule is CCCC=Cc1ccc2cc(O)ccc2c1. The van der Waals surface area contributed by atoms with Crippen molar-refractivity contribution in [1.29, 1.82) is 0 Å². The highest BCUT2D eigenvalue weighted by Crippen LogP contribution is 2.21. The summed E-state index contributed by atoms with van der Waals surface area (Å²) in [6.07, 6.45) is 6.64. The number of rotatable bonds is 3. The van der Waals surface area contributed by atoms with Crippen molar-refractivity contribution in [2.45, 2.75) is 19.8 Å². The van der Waals surface area contributed by atoms with Gasteiger partial charge < -0.3 is 5.11 Å². The number of benzene rings is 2. The average molecular weight is 212 g/mol. The minimum Gasteiger partial charge on any atom is -0.508 e. The summed E-state index contributed by atoms with van der Waals surface area (Å²) in [6, 6.07) is 11.7. The molecule has 1 nitrogen and oxygen atoms in total. The van der Waals surface area contributed by atoms with E-state index in [1.807, 2.05) is 12.1 Å². The van der Waals surface area contributed by atoms with Crippen LogP contribution in [0, 0.1) is 0 Å². The fourth-order valence-corrected chi connectivity index (χ4v) is 1.74. The Kier molecular flexibility index (Phi) is 3.25. The van der Waals surface area contributed by atoms with E-state index in [1.165, 1.54) is 12.0 Å². The van der Waals surface area contributed by atoms with Crippen LogP contribution in [0.15, 0.2) is 42.5 Å². The van der Waals surface area contributed by atoms with Gasteiger partial charge in [0, 0.05) is 0 Å². The van der Waals surface area contributed by atoms with Crippen molar-refractivity contribution >= 4 is 16.8 Å². The summed E-state index contributed by atoms with van der Waals surface area (Å²) < 4.78 is 0. The van der Waals surface area contributed by atoms with E-state index in [4.69, 9.17) is 0 Å². The lowest BCUT2D eigenvalue weighted by atomic mass is 10.1. The van der Waals surface area contributed by atoms with Crippen LogP contribution in [-0.4, -0.2) is 5.11 Å². The predicted molar refractivity (Wildman–Crippen MR) is 69.6 cm³/mol. The topological polar surface area (TPSA) is 20.2 Å². The lowest BCUT2D eigenvalue weighted by Crippen LogP contribution is -1.76. The molecule has 2 rings (SSSR count). The minimum absolute atomic E-state index is 0.321. The van der Waals surface area contributed by atoms with Crippen molar-refractivity contribution in [3.8, 4) is 5.75 Å². The molecule has 1 heteroatoms. The zero-order valence-corrected chi connectivity index (χ0v) is 9.48. The van der Waals surface area contributed by atoms with Gasteiger partial charge in [0.15, 0.2) is 0 Å². The fraction of sp³-hybridized carbons (Fsp3) is 0.200. The van der Waals surface area contributed by atoms with Gasteiger partial charge in [0.05, 0.1) is 0 Å². The standard InChI is InChI=1S/C15H16O/c1-2-3-4-5-12-6-7-14-11-15(16)9-8-13(14)10-12/h4-11,16H,2-3H2,1H3. The second-order valence-corrected chi connectivity index (χ2v) is 3.98. The van der Waals surface area contributed by atoms with E-state index in [1.54, 1.807) is 12.1 Å². The molecule has 0 radical (unpaired) electrons. The van der Waals surface area contributed by atoms with Crippen molar-refractivity contribution < 1.29 is 5.11 Å². The fourth-order valence-electron chi connectivity index (χ4n) is 1.74. The highest BCUT2D eigenvalue weighted by Gasteiger charge is 1.95. The van der Waals surface area contributed by atoms with Gasteiger partial charge in [-0.1, -0.05) is 43.7 Å². The number of phenols is 1. The van der Waals surface area contributed by atoms with Crippen LogP contribution >= 0.6 is 0 Å². The monoisotopic (exact) mass is 212 g/mol. The van der Waals surface area contributed by atoms with Gasteiger partial charge in [-0.25, -0.2) is 0 Å². The Labute approximate surface area is 96.0 Å². The molecule has 82 valence electrons. The molecule has 0 unspecified atom stereocenters. The molecule has 1 N–H and O–H groups in total. The molecule has 0 spiro atoms. The predicted octanol–water partition coefficient (Wildman–Crippen LogP) is 4.36. The van der Waals surface area contributed by atoms with Crippen LogP contribution in [0.2, 0.25) is 0 Å². The molecule has 0 amide bonds. The van der Waals surface area contributed by atoms with Crippen LogP contribution in [0.5, 0.6) is 5.75 Å². The summed E-state index contributed by atoms with van der Waals surface area (Å²) in [6.45, 7) is 2.17. The van der Waals surface area contributed by atoms with Gasteiger partial charge in [0.25, 0.3) is 0 Å². The van der Waals surface area contributed by atoms with Crippen LogP contribution in [0.4, 0.5) is 0 Å². The van der Waals surface area contributed by atoms with Gasteiger partial charge in [0.2, 0.25) is 0 Å². The Morgan fingerprint density at radius 2 is 1.81 bits per heavy atom. The van der Waals surface area contributed by atoms with Crippen molar-refractivity contribution in [1.82, 2.24) is 0 Å². The quantitative estimate of drug-likeness (QED) is 0.801. The molecule has 0 aliphatic carbocycles. The maximum Gasteiger partial charge on any atom is 0.116 e. The Hall–Kier alpha value is -1.76. The van der Waals surface area contributed by atoms with Crippen molar-refractivity contribution in [3.63, 3.8) is 0 Å². The molecule has 0 saturated heterocycles. The minimum atomic E-state index is 0.321. The highest BCUT2D eigenvalue weighted by atomic mass is 16.3. The van der Waals surface area contributed by atoms with E-state index in [2.05, 4.69) is 31.2 Å². The number of fused-ring (bicyclic) bond motifs is 1. The van der Waals surface area contributed by atoms with E-state index in [0.29, 0.717) is 5.75 Å². The van der Waals surface area contributed by atoms with Gasteiger partial charge in [-0.3, -0.25) is 0 Å². The first-order chi connectivity index (χ1) is 7.79. The average Bonchev–Trinajstić information content (AvgIpc) is 2.29. The molecule has 0 heterocycles. The summed E-state index contributed by atoms with van der Waals surface area (Å²) >= 11 is 0. The Morgan fingerprint density at radius 3 is 2.62 bits per heavy atom. The molecule has 0 aliphatic heterocycles. The Balaban J connectivity index is 2.33. The van der Waals surface area contributed by atoms with Crippen LogP contribution < -0.4 is 0 Å². The maximum absolute atomic E-state index is 9.36. The van der Waals surface area contributed by atoms with Crippen LogP contribution in [0.1, 0.15) is 25.3 Å². The summed E-state index contributed by atoms with van der Waals surface area (Å²) in [4.78, 5) is 0. The lowest BCUT2D eigenvalue weighted by molar-refractivity contribution is 0.476. The summed E-state index contributed by atoms with van der Waals surface area (Å²) in [5.41, 5.74) is 1.21. The van der Waals surface area contributed by atoms with Crippen LogP contribution in [0.3, 0.4) is 0 Å². The van der Waals surface area contributed by atoms with Crippen molar-refractivity contribution in [2.75, 3.05) is 0 Å². The number of hydrogen-bond acceptors (Lipinski definition) is 1. The zero-order valence-electron chi connectivity index (χ0n) is 9.48. The summed E-state index contributed by atoms with van der Waals surface area (Å²) in [5.74, 6) is 0.321. The van der Waals surface area contributed by atoms with E-state index >= 15 is 0 Å². The van der Waals surface area contributed by atoms with Crippen LogP contribution in [-0.2, 0) is 0 Å². The molecule has 0 saturated carbocycles. The van der Waals surface area contributed by atoms with Crippen molar-refractivity contribution in [3.05, 3.63) is 48.0 Å². The molecular weight excluding hydrogens is 196 g/mol. The number of hydrogen-bond donors (Lipinski definition) is 1. The molecule has 0 aliphatic rings. The van der Waals surface area contributed by atoms with Crippen LogP contribution in [0.25, 0.3) is 16.8 Å². The first-order valence-electron chi connectivity index (χ1n) is 5.69. The normalized spacial score (nSPS) is 11.3. The smallest absolute Gasteiger partial charge is 0.116 e. The highest BCUT2D eigenvalue weighted by molar-refractivity contribution is 5.85. The van der Waals surface area contributed by atoms with Gasteiger partial charge in [-0.05, 0) is 41.0 Å². The summed E-state index contributed by atoms with van der Waals surface area (Å²) in [7, 11) is 0. The number of aromatic hydroxyl groups is 1. The van der Waals surface area contributed by atoms with E-state index < -0.39 is 0 Å². The van der Waals surface area contributed by atoms with Gasteiger partial charge in [-0.15, -0.1) is 0 Å². The number of allylic oxidation sites excluding steroid dienone is 1. The molecule has 16 heavy (non-hydrogen) atoms. The maximum atomic E-state index is 9.36. The van der Waals surface area contributed by atoms with Gasteiger partial charge >= 0.3 is 0 Å². The third-order valence-corrected chi connectivity index (χ3v) is 2.61. The second-order valence-electron chi connectivity index (χ2n) is 3.98.